The predicted molar refractivity (Wildman–Crippen MR) is 85.3 cm³/mol. The van der Waals surface area contributed by atoms with Gasteiger partial charge in [0.2, 0.25) is 0 Å². The van der Waals surface area contributed by atoms with Gasteiger partial charge < -0.3 is 15.0 Å². The summed E-state index contributed by atoms with van der Waals surface area (Å²) in [5, 5.41) is 2.93. The van der Waals surface area contributed by atoms with Crippen molar-refractivity contribution in [1.29, 1.82) is 0 Å². The molecule has 2 atom stereocenters. The number of hydrogen-bond acceptors (Lipinski definition) is 4. The van der Waals surface area contributed by atoms with Crippen LogP contribution in [-0.2, 0) is 11.2 Å². The van der Waals surface area contributed by atoms with Gasteiger partial charge in [0.1, 0.15) is 5.56 Å². The average molecular weight is 313 g/mol. The molecule has 1 fully saturated rings. The molecule has 0 aromatic carbocycles. The fourth-order valence-corrected chi connectivity index (χ4v) is 2.78. The summed E-state index contributed by atoms with van der Waals surface area (Å²) in [6.45, 7) is 2.83. The first-order chi connectivity index (χ1) is 11.1. The van der Waals surface area contributed by atoms with Crippen LogP contribution >= 0.6 is 0 Å². The molecule has 6 heteroatoms. The molecule has 0 unspecified atom stereocenters. The van der Waals surface area contributed by atoms with E-state index in [4.69, 9.17) is 4.74 Å². The van der Waals surface area contributed by atoms with Crippen LogP contribution in [0.2, 0.25) is 0 Å². The molecule has 0 spiro atoms. The van der Waals surface area contributed by atoms with E-state index in [2.05, 4.69) is 15.3 Å². The smallest absolute Gasteiger partial charge is 0.257 e. The van der Waals surface area contributed by atoms with Crippen molar-refractivity contribution in [2.45, 2.75) is 19.4 Å². The first kappa shape index (κ1) is 15.4. The highest BCUT2D eigenvalue weighted by atomic mass is 16.5. The monoisotopic (exact) mass is 313 g/mol. The van der Waals surface area contributed by atoms with Crippen molar-refractivity contribution in [1.82, 2.24) is 15.3 Å². The molecular formula is C17H19N3O3. The maximum atomic E-state index is 12.3. The van der Waals surface area contributed by atoms with Gasteiger partial charge in [0.15, 0.2) is 5.43 Å². The zero-order chi connectivity index (χ0) is 16.2. The Hall–Kier alpha value is -2.47. The molecule has 1 aliphatic heterocycles. The number of amides is 1. The second-order valence-electron chi connectivity index (χ2n) is 5.83. The van der Waals surface area contributed by atoms with Gasteiger partial charge in [-0.25, -0.2) is 0 Å². The number of nitrogens with zero attached hydrogens (tertiary/aromatic N) is 1. The van der Waals surface area contributed by atoms with Gasteiger partial charge in [-0.3, -0.25) is 14.6 Å². The Kier molecular flexibility index (Phi) is 4.52. The van der Waals surface area contributed by atoms with Crippen molar-refractivity contribution in [3.8, 4) is 0 Å². The molecule has 2 aromatic rings. The molecule has 0 saturated carbocycles. The molecule has 1 aliphatic rings. The highest BCUT2D eigenvalue weighted by Crippen LogP contribution is 2.19. The number of aryl methyl sites for hydroxylation is 1. The number of aromatic amines is 1. The lowest BCUT2D eigenvalue weighted by molar-refractivity contribution is 0.0923. The lowest BCUT2D eigenvalue weighted by Gasteiger charge is -2.19. The van der Waals surface area contributed by atoms with Crippen LogP contribution in [0.4, 0.5) is 0 Å². The summed E-state index contributed by atoms with van der Waals surface area (Å²) in [5.41, 5.74) is 1.74. The first-order valence-electron chi connectivity index (χ1n) is 7.60. The van der Waals surface area contributed by atoms with E-state index in [1.165, 1.54) is 12.3 Å². The fourth-order valence-electron chi connectivity index (χ4n) is 2.78. The zero-order valence-corrected chi connectivity index (χ0v) is 12.9. The number of hydrogen-bond donors (Lipinski definition) is 2. The molecule has 2 N–H and O–H groups in total. The summed E-state index contributed by atoms with van der Waals surface area (Å²) >= 11 is 0. The van der Waals surface area contributed by atoms with Gasteiger partial charge in [0.25, 0.3) is 5.91 Å². The van der Waals surface area contributed by atoms with Crippen LogP contribution in [0.15, 0.2) is 41.6 Å². The molecule has 120 valence electrons. The third-order valence-electron chi connectivity index (χ3n) is 4.06. The summed E-state index contributed by atoms with van der Waals surface area (Å²) in [4.78, 5) is 31.1. The SMILES string of the molecule is Cc1cc(=O)c(C(=O)N[C@@H]2COC[C@H]2Cc2ccncc2)c[nH]1. The largest absolute Gasteiger partial charge is 0.379 e. The van der Waals surface area contributed by atoms with E-state index >= 15 is 0 Å². The van der Waals surface area contributed by atoms with Crippen LogP contribution < -0.4 is 10.7 Å². The van der Waals surface area contributed by atoms with Crippen molar-refractivity contribution < 1.29 is 9.53 Å². The highest BCUT2D eigenvalue weighted by Gasteiger charge is 2.30. The van der Waals surface area contributed by atoms with Gasteiger partial charge in [0.05, 0.1) is 19.3 Å². The number of ether oxygens (including phenoxy) is 1. The topological polar surface area (TPSA) is 84.1 Å². The van der Waals surface area contributed by atoms with Crippen LogP contribution in [0.25, 0.3) is 0 Å². The molecule has 0 aliphatic carbocycles. The average Bonchev–Trinajstić information content (AvgIpc) is 2.95. The van der Waals surface area contributed by atoms with Gasteiger partial charge >= 0.3 is 0 Å². The number of carbonyl (C=O) groups excluding carboxylic acids is 1. The minimum absolute atomic E-state index is 0.101. The molecule has 2 aromatic heterocycles. The molecule has 0 radical (unpaired) electrons. The van der Waals surface area contributed by atoms with Gasteiger partial charge in [-0.15, -0.1) is 0 Å². The maximum Gasteiger partial charge on any atom is 0.257 e. The lowest BCUT2D eigenvalue weighted by atomic mass is 9.95. The fraction of sp³-hybridized carbons (Fsp3) is 0.353. The Morgan fingerprint density at radius 3 is 2.91 bits per heavy atom. The van der Waals surface area contributed by atoms with Crippen LogP contribution in [0, 0.1) is 12.8 Å². The number of nitrogens with one attached hydrogen (secondary N) is 2. The number of carbonyl (C=O) groups is 1. The molecule has 1 saturated heterocycles. The Labute approximate surface area is 133 Å². The Balaban J connectivity index is 1.68. The molecule has 23 heavy (non-hydrogen) atoms. The Morgan fingerprint density at radius 2 is 2.17 bits per heavy atom. The Bertz CT molecular complexity index is 742. The number of rotatable bonds is 4. The zero-order valence-electron chi connectivity index (χ0n) is 12.9. The summed E-state index contributed by atoms with van der Waals surface area (Å²) in [6, 6.07) is 5.24. The summed E-state index contributed by atoms with van der Waals surface area (Å²) < 4.78 is 5.51. The second kappa shape index (κ2) is 6.75. The van der Waals surface area contributed by atoms with Crippen molar-refractivity contribution in [3.05, 3.63) is 63.8 Å². The second-order valence-corrected chi connectivity index (χ2v) is 5.83. The molecule has 3 heterocycles. The van der Waals surface area contributed by atoms with Crippen molar-refractivity contribution >= 4 is 5.91 Å². The first-order valence-corrected chi connectivity index (χ1v) is 7.60. The van der Waals surface area contributed by atoms with Gasteiger partial charge in [-0.05, 0) is 31.0 Å². The number of pyridine rings is 2. The summed E-state index contributed by atoms with van der Waals surface area (Å²) in [5.74, 6) is -0.174. The van der Waals surface area contributed by atoms with Crippen molar-refractivity contribution in [3.63, 3.8) is 0 Å². The Morgan fingerprint density at radius 1 is 1.39 bits per heavy atom. The van der Waals surface area contributed by atoms with E-state index in [1.807, 2.05) is 12.1 Å². The van der Waals surface area contributed by atoms with Crippen LogP contribution in [0.1, 0.15) is 21.6 Å². The van der Waals surface area contributed by atoms with E-state index in [0.29, 0.717) is 13.2 Å². The van der Waals surface area contributed by atoms with E-state index in [9.17, 15) is 9.59 Å². The molecular weight excluding hydrogens is 294 g/mol. The normalized spacial score (nSPS) is 20.4. The van der Waals surface area contributed by atoms with E-state index < -0.39 is 0 Å². The van der Waals surface area contributed by atoms with E-state index in [1.54, 1.807) is 19.3 Å². The molecule has 6 nitrogen and oxygen atoms in total. The van der Waals surface area contributed by atoms with Crippen molar-refractivity contribution in [2.75, 3.05) is 13.2 Å². The minimum Gasteiger partial charge on any atom is -0.379 e. The van der Waals surface area contributed by atoms with Gasteiger partial charge in [0, 0.05) is 36.3 Å². The summed E-state index contributed by atoms with van der Waals surface area (Å²) in [6.07, 6.45) is 5.77. The van der Waals surface area contributed by atoms with Crippen LogP contribution in [0.3, 0.4) is 0 Å². The van der Waals surface area contributed by atoms with E-state index in [0.717, 1.165) is 17.7 Å². The summed E-state index contributed by atoms with van der Waals surface area (Å²) in [7, 11) is 0. The van der Waals surface area contributed by atoms with Crippen molar-refractivity contribution in [2.24, 2.45) is 5.92 Å². The van der Waals surface area contributed by atoms with Gasteiger partial charge in [-0.1, -0.05) is 0 Å². The number of aromatic nitrogens is 2. The third kappa shape index (κ3) is 3.65. The molecule has 0 bridgehead atoms. The molecule has 3 rings (SSSR count). The standard InChI is InChI=1S/C17H19N3O3/c1-11-6-16(21)14(8-19-11)17(22)20-15-10-23-9-13(15)7-12-2-4-18-5-3-12/h2-6,8,13,15H,7,9-10H2,1H3,(H,19,21)(H,20,22)/t13-,15-/m1/s1. The van der Waals surface area contributed by atoms with E-state index in [-0.39, 0.29) is 28.9 Å². The van der Waals surface area contributed by atoms with Gasteiger partial charge in [-0.2, -0.15) is 0 Å². The van der Waals surface area contributed by atoms with Crippen LogP contribution in [-0.4, -0.2) is 35.1 Å². The highest BCUT2D eigenvalue weighted by molar-refractivity contribution is 5.94. The quantitative estimate of drug-likeness (QED) is 0.884. The third-order valence-corrected chi connectivity index (χ3v) is 4.06. The van der Waals surface area contributed by atoms with Crippen LogP contribution in [0.5, 0.6) is 0 Å². The number of H-pyrrole nitrogens is 1. The molecule has 1 amide bonds. The predicted octanol–water partition coefficient (Wildman–Crippen LogP) is 1.07. The lowest BCUT2D eigenvalue weighted by Crippen LogP contribution is -2.42. The minimum atomic E-state index is -0.360. The maximum absolute atomic E-state index is 12.3.